The van der Waals surface area contributed by atoms with Crippen molar-refractivity contribution in [2.24, 2.45) is 17.1 Å². The highest BCUT2D eigenvalue weighted by molar-refractivity contribution is 4.85. The molecule has 84 valence electrons. The molecule has 14 heavy (non-hydrogen) atoms. The fourth-order valence-electron chi connectivity index (χ4n) is 2.39. The van der Waals surface area contributed by atoms with Gasteiger partial charge in [0, 0.05) is 5.54 Å². The molecule has 3 N–H and O–H groups in total. The maximum Gasteiger partial charge on any atom is 0.0608 e. The van der Waals surface area contributed by atoms with Crippen LogP contribution in [0.5, 0.6) is 0 Å². The average molecular weight is 199 g/mol. The largest absolute Gasteiger partial charge is 0.394 e. The minimum Gasteiger partial charge on any atom is -0.394 e. The molecule has 1 fully saturated rings. The van der Waals surface area contributed by atoms with Gasteiger partial charge in [0.25, 0.3) is 0 Å². The third kappa shape index (κ3) is 3.58. The smallest absolute Gasteiger partial charge is 0.0608 e. The summed E-state index contributed by atoms with van der Waals surface area (Å²) < 4.78 is 0. The first-order valence-corrected chi connectivity index (χ1v) is 5.74. The second-order valence-electron chi connectivity index (χ2n) is 6.12. The summed E-state index contributed by atoms with van der Waals surface area (Å²) in [6.45, 7) is 6.74. The lowest BCUT2D eigenvalue weighted by Gasteiger charge is -2.37. The van der Waals surface area contributed by atoms with E-state index in [0.29, 0.717) is 5.41 Å². The van der Waals surface area contributed by atoms with Crippen LogP contribution in [0.2, 0.25) is 0 Å². The van der Waals surface area contributed by atoms with Gasteiger partial charge in [0.2, 0.25) is 0 Å². The first-order valence-electron chi connectivity index (χ1n) is 5.74. The van der Waals surface area contributed by atoms with Crippen molar-refractivity contribution < 1.29 is 5.11 Å². The van der Waals surface area contributed by atoms with Crippen LogP contribution in [0.15, 0.2) is 0 Å². The molecular weight excluding hydrogens is 174 g/mol. The second-order valence-corrected chi connectivity index (χ2v) is 6.12. The van der Waals surface area contributed by atoms with Gasteiger partial charge in [-0.1, -0.05) is 13.8 Å². The maximum absolute atomic E-state index is 9.10. The van der Waals surface area contributed by atoms with E-state index in [1.807, 2.05) is 6.92 Å². The van der Waals surface area contributed by atoms with Crippen LogP contribution in [0.25, 0.3) is 0 Å². The Kier molecular flexibility index (Phi) is 3.59. The molecule has 0 radical (unpaired) electrons. The average Bonchev–Trinajstić information content (AvgIpc) is 2.09. The molecule has 1 atom stereocenters. The van der Waals surface area contributed by atoms with Crippen molar-refractivity contribution in [3.63, 3.8) is 0 Å². The Morgan fingerprint density at radius 1 is 1.36 bits per heavy atom. The summed E-state index contributed by atoms with van der Waals surface area (Å²) in [5.74, 6) is 0.727. The van der Waals surface area contributed by atoms with E-state index in [4.69, 9.17) is 10.8 Å². The topological polar surface area (TPSA) is 46.2 Å². The van der Waals surface area contributed by atoms with E-state index in [2.05, 4.69) is 13.8 Å². The molecule has 0 amide bonds. The number of nitrogens with two attached hydrogens (primary N) is 1. The zero-order valence-electron chi connectivity index (χ0n) is 9.84. The minimum absolute atomic E-state index is 0.104. The Morgan fingerprint density at radius 2 is 1.86 bits per heavy atom. The van der Waals surface area contributed by atoms with Crippen molar-refractivity contribution in [2.75, 3.05) is 6.61 Å². The molecule has 0 aliphatic heterocycles. The Morgan fingerprint density at radius 3 is 2.29 bits per heavy atom. The zero-order valence-corrected chi connectivity index (χ0v) is 9.84. The fourth-order valence-corrected chi connectivity index (χ4v) is 2.39. The first kappa shape index (κ1) is 12.0. The summed E-state index contributed by atoms with van der Waals surface area (Å²) in [5, 5.41) is 9.10. The fraction of sp³-hybridized carbons (Fsp3) is 1.00. The van der Waals surface area contributed by atoms with Gasteiger partial charge in [0.05, 0.1) is 6.61 Å². The number of aliphatic hydroxyl groups excluding tert-OH is 1. The van der Waals surface area contributed by atoms with Gasteiger partial charge in [-0.3, -0.25) is 0 Å². The van der Waals surface area contributed by atoms with Gasteiger partial charge in [-0.25, -0.2) is 0 Å². The molecule has 1 saturated carbocycles. The lowest BCUT2D eigenvalue weighted by atomic mass is 9.70. The van der Waals surface area contributed by atoms with Crippen molar-refractivity contribution in [3.8, 4) is 0 Å². The zero-order chi connectivity index (χ0) is 10.8. The van der Waals surface area contributed by atoms with Gasteiger partial charge in [0.1, 0.15) is 0 Å². The highest BCUT2D eigenvalue weighted by Crippen LogP contribution is 2.40. The van der Waals surface area contributed by atoms with Crippen molar-refractivity contribution >= 4 is 0 Å². The van der Waals surface area contributed by atoms with Crippen molar-refractivity contribution in [1.29, 1.82) is 0 Å². The molecule has 1 rings (SSSR count). The number of aliphatic hydroxyl groups is 1. The Balaban J connectivity index is 2.36. The SMILES string of the molecule is CC1(C)CCC(CC(C)(N)CO)CC1. The Hall–Kier alpha value is -0.0800. The molecule has 0 aromatic heterocycles. The first-order chi connectivity index (χ1) is 6.35. The van der Waals surface area contributed by atoms with Crippen molar-refractivity contribution in [3.05, 3.63) is 0 Å². The van der Waals surface area contributed by atoms with Crippen LogP contribution in [0.4, 0.5) is 0 Å². The van der Waals surface area contributed by atoms with Crippen LogP contribution in [0, 0.1) is 11.3 Å². The Bertz CT molecular complexity index is 177. The third-order valence-electron chi connectivity index (χ3n) is 3.57. The molecule has 0 aromatic rings. The van der Waals surface area contributed by atoms with Crippen LogP contribution in [0.1, 0.15) is 52.9 Å². The molecule has 0 saturated heterocycles. The van der Waals surface area contributed by atoms with Gasteiger partial charge in [-0.05, 0) is 50.4 Å². The van der Waals surface area contributed by atoms with Gasteiger partial charge in [0.15, 0.2) is 0 Å². The van der Waals surface area contributed by atoms with Gasteiger partial charge in [-0.2, -0.15) is 0 Å². The predicted molar refractivity (Wildman–Crippen MR) is 60.0 cm³/mol. The van der Waals surface area contributed by atoms with E-state index in [9.17, 15) is 0 Å². The summed E-state index contributed by atoms with van der Waals surface area (Å²) in [5.41, 5.74) is 6.12. The van der Waals surface area contributed by atoms with Crippen LogP contribution < -0.4 is 5.73 Å². The van der Waals surface area contributed by atoms with Crippen LogP contribution >= 0.6 is 0 Å². The molecule has 0 aromatic carbocycles. The quantitative estimate of drug-likeness (QED) is 0.732. The summed E-state index contributed by atoms with van der Waals surface area (Å²) >= 11 is 0. The van der Waals surface area contributed by atoms with Gasteiger partial charge in [-0.15, -0.1) is 0 Å². The van der Waals surface area contributed by atoms with E-state index in [1.165, 1.54) is 25.7 Å². The van der Waals surface area contributed by atoms with E-state index < -0.39 is 0 Å². The summed E-state index contributed by atoms with van der Waals surface area (Å²) in [6.07, 6.45) is 6.14. The Labute approximate surface area is 87.9 Å². The molecule has 1 aliphatic rings. The molecule has 2 heteroatoms. The number of hydrogen-bond donors (Lipinski definition) is 2. The van der Waals surface area contributed by atoms with Gasteiger partial charge < -0.3 is 10.8 Å². The van der Waals surface area contributed by atoms with Gasteiger partial charge >= 0.3 is 0 Å². The molecule has 0 spiro atoms. The maximum atomic E-state index is 9.10. The van der Waals surface area contributed by atoms with E-state index in [-0.39, 0.29) is 12.1 Å². The minimum atomic E-state index is -0.369. The summed E-state index contributed by atoms with van der Waals surface area (Å²) in [6, 6.07) is 0. The summed E-state index contributed by atoms with van der Waals surface area (Å²) in [4.78, 5) is 0. The van der Waals surface area contributed by atoms with Crippen molar-refractivity contribution in [1.82, 2.24) is 0 Å². The summed E-state index contributed by atoms with van der Waals surface area (Å²) in [7, 11) is 0. The van der Waals surface area contributed by atoms with Crippen LogP contribution in [0.3, 0.4) is 0 Å². The van der Waals surface area contributed by atoms with E-state index in [0.717, 1.165) is 12.3 Å². The van der Waals surface area contributed by atoms with Crippen LogP contribution in [-0.2, 0) is 0 Å². The monoisotopic (exact) mass is 199 g/mol. The normalized spacial score (nSPS) is 27.2. The predicted octanol–water partition coefficient (Wildman–Crippen LogP) is 2.30. The van der Waals surface area contributed by atoms with Crippen molar-refractivity contribution in [2.45, 2.75) is 58.4 Å². The molecule has 2 nitrogen and oxygen atoms in total. The lowest BCUT2D eigenvalue weighted by Crippen LogP contribution is -2.42. The van der Waals surface area contributed by atoms with Crippen LogP contribution in [-0.4, -0.2) is 17.3 Å². The number of hydrogen-bond acceptors (Lipinski definition) is 2. The van der Waals surface area contributed by atoms with E-state index >= 15 is 0 Å². The highest BCUT2D eigenvalue weighted by atomic mass is 16.3. The molecule has 0 heterocycles. The second kappa shape index (κ2) is 4.19. The molecule has 1 aliphatic carbocycles. The van der Waals surface area contributed by atoms with E-state index in [1.54, 1.807) is 0 Å². The molecule has 0 bridgehead atoms. The standard InChI is InChI=1S/C12H25NO/c1-11(2)6-4-10(5-7-11)8-12(3,13)9-14/h10,14H,4-9,13H2,1-3H3. The third-order valence-corrected chi connectivity index (χ3v) is 3.57. The highest BCUT2D eigenvalue weighted by Gasteiger charge is 2.30. The number of rotatable bonds is 3. The molecular formula is C12H25NO. The lowest BCUT2D eigenvalue weighted by molar-refractivity contribution is 0.134. The molecule has 1 unspecified atom stereocenters.